The van der Waals surface area contributed by atoms with Gasteiger partial charge in [0.2, 0.25) is 5.95 Å². The molecule has 0 bridgehead atoms. The lowest BCUT2D eigenvalue weighted by Crippen LogP contribution is -2.13. The molecule has 1 amide bonds. The van der Waals surface area contributed by atoms with E-state index in [1.54, 1.807) is 18.2 Å². The Balaban J connectivity index is 1.71. The average Bonchev–Trinajstić information content (AvgIpc) is 2.59. The zero-order chi connectivity index (χ0) is 17.8. The van der Waals surface area contributed by atoms with Crippen LogP contribution in [0.4, 0.5) is 17.3 Å². The number of amides is 1. The second kappa shape index (κ2) is 7.51. The zero-order valence-corrected chi connectivity index (χ0v) is 14.8. The molecule has 25 heavy (non-hydrogen) atoms. The number of carbonyl (C=O) groups is 1. The van der Waals surface area contributed by atoms with Gasteiger partial charge in [-0.25, -0.2) is 9.97 Å². The summed E-state index contributed by atoms with van der Waals surface area (Å²) in [6, 6.07) is 12.6. The van der Waals surface area contributed by atoms with Gasteiger partial charge in [0.15, 0.2) is 0 Å². The minimum absolute atomic E-state index is 0.280. The van der Waals surface area contributed by atoms with E-state index >= 15 is 0 Å². The Bertz CT molecular complexity index is 913. The Morgan fingerprint density at radius 3 is 2.52 bits per heavy atom. The molecule has 0 fully saturated rings. The summed E-state index contributed by atoms with van der Waals surface area (Å²) in [5.74, 6) is 0.0363. The maximum atomic E-state index is 12.2. The van der Waals surface area contributed by atoms with Crippen molar-refractivity contribution in [3.05, 3.63) is 76.0 Å². The van der Waals surface area contributed by atoms with E-state index in [0.717, 1.165) is 11.3 Å². The minimum Gasteiger partial charge on any atom is -0.323 e. The third kappa shape index (κ3) is 4.47. The number of carbonyl (C=O) groups excluding carboxylic acids is 1. The zero-order valence-electron chi connectivity index (χ0n) is 13.3. The van der Waals surface area contributed by atoms with Crippen molar-refractivity contribution < 1.29 is 4.79 Å². The summed E-state index contributed by atoms with van der Waals surface area (Å²) < 4.78 is 0. The molecule has 1 aromatic heterocycles. The van der Waals surface area contributed by atoms with Gasteiger partial charge in [-0.15, -0.1) is 0 Å². The van der Waals surface area contributed by atoms with Crippen LogP contribution in [0.25, 0.3) is 0 Å². The van der Waals surface area contributed by atoms with Gasteiger partial charge < -0.3 is 10.6 Å². The van der Waals surface area contributed by atoms with Gasteiger partial charge in [-0.1, -0.05) is 35.3 Å². The van der Waals surface area contributed by atoms with Crippen LogP contribution < -0.4 is 10.6 Å². The van der Waals surface area contributed by atoms with Gasteiger partial charge in [0, 0.05) is 23.1 Å². The van der Waals surface area contributed by atoms with E-state index in [-0.39, 0.29) is 5.91 Å². The number of rotatable bonds is 4. The molecule has 0 aliphatic rings. The molecule has 126 valence electrons. The molecule has 0 radical (unpaired) electrons. The molecule has 0 aliphatic carbocycles. The molecule has 0 saturated carbocycles. The number of benzene rings is 2. The number of anilines is 3. The van der Waals surface area contributed by atoms with Gasteiger partial charge in [0.25, 0.3) is 5.91 Å². The normalized spacial score (nSPS) is 10.4. The molecule has 7 heteroatoms. The summed E-state index contributed by atoms with van der Waals surface area (Å²) in [6.45, 7) is 1.96. The molecule has 2 aromatic carbocycles. The van der Waals surface area contributed by atoms with Gasteiger partial charge in [-0.2, -0.15) is 0 Å². The van der Waals surface area contributed by atoms with E-state index < -0.39 is 0 Å². The lowest BCUT2D eigenvalue weighted by molar-refractivity contribution is 0.102. The van der Waals surface area contributed by atoms with Crippen molar-refractivity contribution >= 4 is 46.4 Å². The summed E-state index contributed by atoms with van der Waals surface area (Å²) >= 11 is 12.0. The van der Waals surface area contributed by atoms with E-state index in [2.05, 4.69) is 20.6 Å². The fourth-order valence-corrected chi connectivity index (χ4v) is 2.49. The molecule has 3 aromatic rings. The third-order valence-electron chi connectivity index (χ3n) is 3.36. The standard InChI is InChI=1S/C18H14Cl2N4O/c1-11-3-2-4-14(7-11)23-17(25)12-9-21-18(22-10-12)24-16-8-13(19)5-6-15(16)20/h2-10H,1H3,(H,23,25)(H,21,22,24). The topological polar surface area (TPSA) is 66.9 Å². The van der Waals surface area contributed by atoms with Crippen LogP contribution in [0.1, 0.15) is 15.9 Å². The Morgan fingerprint density at radius 2 is 1.80 bits per heavy atom. The first-order valence-electron chi connectivity index (χ1n) is 7.43. The summed E-state index contributed by atoms with van der Waals surface area (Å²) in [5, 5.41) is 6.81. The molecule has 2 N–H and O–H groups in total. The van der Waals surface area contributed by atoms with Crippen molar-refractivity contribution in [1.82, 2.24) is 9.97 Å². The van der Waals surface area contributed by atoms with Crippen molar-refractivity contribution in [2.45, 2.75) is 6.92 Å². The van der Waals surface area contributed by atoms with Gasteiger partial charge in [0.05, 0.1) is 16.3 Å². The van der Waals surface area contributed by atoms with Gasteiger partial charge >= 0.3 is 0 Å². The molecule has 1 heterocycles. The highest BCUT2D eigenvalue weighted by molar-refractivity contribution is 6.35. The molecule has 5 nitrogen and oxygen atoms in total. The number of aryl methyl sites for hydroxylation is 1. The van der Waals surface area contributed by atoms with Crippen molar-refractivity contribution in [1.29, 1.82) is 0 Å². The van der Waals surface area contributed by atoms with Crippen LogP contribution in [-0.2, 0) is 0 Å². The van der Waals surface area contributed by atoms with Crippen LogP contribution in [0.15, 0.2) is 54.9 Å². The average molecular weight is 373 g/mol. The molecule has 3 rings (SSSR count). The number of nitrogens with one attached hydrogen (secondary N) is 2. The first-order valence-corrected chi connectivity index (χ1v) is 8.19. The Labute approximate surface area is 155 Å². The molecular formula is C18H14Cl2N4O. The van der Waals surface area contributed by atoms with Crippen LogP contribution in [-0.4, -0.2) is 15.9 Å². The number of aromatic nitrogens is 2. The number of nitrogens with zero attached hydrogens (tertiary/aromatic N) is 2. The second-order valence-corrected chi connectivity index (χ2v) is 6.21. The van der Waals surface area contributed by atoms with Crippen molar-refractivity contribution in [2.24, 2.45) is 0 Å². The van der Waals surface area contributed by atoms with Crippen molar-refractivity contribution in [3.8, 4) is 0 Å². The summed E-state index contributed by atoms with van der Waals surface area (Å²) in [4.78, 5) is 20.5. The smallest absolute Gasteiger partial charge is 0.258 e. The quantitative estimate of drug-likeness (QED) is 0.669. The Kier molecular flexibility index (Phi) is 5.16. The molecule has 0 atom stereocenters. The number of halogens is 2. The van der Waals surface area contributed by atoms with Gasteiger partial charge in [-0.05, 0) is 42.8 Å². The monoisotopic (exact) mass is 372 g/mol. The molecule has 0 saturated heterocycles. The fraction of sp³-hybridized carbons (Fsp3) is 0.0556. The van der Waals surface area contributed by atoms with E-state index in [4.69, 9.17) is 23.2 Å². The lowest BCUT2D eigenvalue weighted by atomic mass is 10.2. The highest BCUT2D eigenvalue weighted by atomic mass is 35.5. The maximum Gasteiger partial charge on any atom is 0.258 e. The Hall–Kier alpha value is -2.63. The fourth-order valence-electron chi connectivity index (χ4n) is 2.15. The molecule has 0 unspecified atom stereocenters. The van der Waals surface area contributed by atoms with Crippen LogP contribution in [0.5, 0.6) is 0 Å². The highest BCUT2D eigenvalue weighted by Crippen LogP contribution is 2.27. The second-order valence-electron chi connectivity index (χ2n) is 5.37. The first kappa shape index (κ1) is 17.2. The molecular weight excluding hydrogens is 359 g/mol. The van der Waals surface area contributed by atoms with E-state index in [1.807, 2.05) is 31.2 Å². The maximum absolute atomic E-state index is 12.2. The summed E-state index contributed by atoms with van der Waals surface area (Å²) in [7, 11) is 0. The SMILES string of the molecule is Cc1cccc(NC(=O)c2cnc(Nc3cc(Cl)ccc3Cl)nc2)c1. The predicted molar refractivity (Wildman–Crippen MR) is 101 cm³/mol. The van der Waals surface area contributed by atoms with E-state index in [9.17, 15) is 4.79 Å². The van der Waals surface area contributed by atoms with Crippen molar-refractivity contribution in [2.75, 3.05) is 10.6 Å². The molecule has 0 aliphatic heterocycles. The number of hydrogen-bond acceptors (Lipinski definition) is 4. The van der Waals surface area contributed by atoms with Crippen LogP contribution >= 0.6 is 23.2 Å². The predicted octanol–water partition coefficient (Wildman–Crippen LogP) is 5.09. The lowest BCUT2D eigenvalue weighted by Gasteiger charge is -2.08. The third-order valence-corrected chi connectivity index (χ3v) is 3.93. The van der Waals surface area contributed by atoms with Gasteiger partial charge in [-0.3, -0.25) is 4.79 Å². The highest BCUT2D eigenvalue weighted by Gasteiger charge is 2.09. The molecule has 0 spiro atoms. The van der Waals surface area contributed by atoms with E-state index in [0.29, 0.717) is 27.2 Å². The number of hydrogen-bond donors (Lipinski definition) is 2. The summed E-state index contributed by atoms with van der Waals surface area (Å²) in [6.07, 6.45) is 2.89. The van der Waals surface area contributed by atoms with Crippen LogP contribution in [0.3, 0.4) is 0 Å². The van der Waals surface area contributed by atoms with Crippen molar-refractivity contribution in [3.63, 3.8) is 0 Å². The first-order chi connectivity index (χ1) is 12.0. The minimum atomic E-state index is -0.280. The summed E-state index contributed by atoms with van der Waals surface area (Å²) in [5.41, 5.74) is 2.72. The van der Waals surface area contributed by atoms with Crippen LogP contribution in [0, 0.1) is 6.92 Å². The van der Waals surface area contributed by atoms with E-state index in [1.165, 1.54) is 12.4 Å². The Morgan fingerprint density at radius 1 is 1.04 bits per heavy atom. The van der Waals surface area contributed by atoms with Gasteiger partial charge in [0.1, 0.15) is 0 Å². The van der Waals surface area contributed by atoms with Crippen LogP contribution in [0.2, 0.25) is 10.0 Å². The largest absolute Gasteiger partial charge is 0.323 e.